The minimum atomic E-state index is -0.491. The number of piperidine rings is 1. The molecule has 0 atom stereocenters. The third kappa shape index (κ3) is 4.51. The number of aryl methyl sites for hydroxylation is 1. The lowest BCUT2D eigenvalue weighted by molar-refractivity contribution is -0.383. The van der Waals surface area contributed by atoms with E-state index in [0.717, 1.165) is 12.8 Å². The van der Waals surface area contributed by atoms with Gasteiger partial charge in [-0.3, -0.25) is 10.1 Å². The molecule has 0 saturated carbocycles. The Morgan fingerprint density at radius 2 is 1.85 bits per heavy atom. The van der Waals surface area contributed by atoms with Gasteiger partial charge in [-0.05, 0) is 47.5 Å². The number of nitrogens with zero attached hydrogens (tertiary/aromatic N) is 4. The van der Waals surface area contributed by atoms with Crippen LogP contribution in [0.4, 0.5) is 23.1 Å². The second-order valence-electron chi connectivity index (χ2n) is 8.27. The molecule has 2 aromatic rings. The van der Waals surface area contributed by atoms with Gasteiger partial charge in [0.1, 0.15) is 12.1 Å². The first-order valence-corrected chi connectivity index (χ1v) is 8.80. The molecule has 0 amide bonds. The van der Waals surface area contributed by atoms with E-state index in [4.69, 9.17) is 4.52 Å². The van der Waals surface area contributed by atoms with E-state index < -0.39 is 4.92 Å². The van der Waals surface area contributed by atoms with E-state index >= 15 is 0 Å². The van der Waals surface area contributed by atoms with Crippen LogP contribution in [0.3, 0.4) is 0 Å². The molecule has 2 aromatic heterocycles. The molecular formula is C17H25N7O3. The molecule has 0 aromatic carbocycles. The van der Waals surface area contributed by atoms with Crippen LogP contribution in [-0.4, -0.2) is 37.2 Å². The van der Waals surface area contributed by atoms with Gasteiger partial charge < -0.3 is 20.5 Å². The third-order valence-corrected chi connectivity index (χ3v) is 4.41. The van der Waals surface area contributed by atoms with Gasteiger partial charge in [0, 0.05) is 23.2 Å². The second-order valence-corrected chi connectivity index (χ2v) is 8.27. The number of nitro groups is 1. The van der Waals surface area contributed by atoms with Gasteiger partial charge >= 0.3 is 5.69 Å². The minimum absolute atomic E-state index is 0.0343. The van der Waals surface area contributed by atoms with Gasteiger partial charge in [0.15, 0.2) is 5.82 Å². The van der Waals surface area contributed by atoms with Gasteiger partial charge in [0.2, 0.25) is 11.6 Å². The van der Waals surface area contributed by atoms with Crippen LogP contribution in [0.15, 0.2) is 16.9 Å². The van der Waals surface area contributed by atoms with Crippen LogP contribution in [0, 0.1) is 17.0 Å². The summed E-state index contributed by atoms with van der Waals surface area (Å²) in [7, 11) is 0. The normalized spacial score (nSPS) is 18.9. The molecular weight excluding hydrogens is 350 g/mol. The fourth-order valence-electron chi connectivity index (χ4n) is 3.91. The molecule has 146 valence electrons. The number of nitrogens with one attached hydrogen (secondary N) is 3. The van der Waals surface area contributed by atoms with E-state index in [2.05, 4.69) is 58.8 Å². The number of hydrogen-bond donors (Lipinski definition) is 3. The van der Waals surface area contributed by atoms with Gasteiger partial charge in [-0.25, -0.2) is 9.97 Å². The molecule has 3 heterocycles. The van der Waals surface area contributed by atoms with E-state index in [1.165, 1.54) is 6.33 Å². The number of hydrogen-bond acceptors (Lipinski definition) is 9. The van der Waals surface area contributed by atoms with Crippen LogP contribution in [0.5, 0.6) is 0 Å². The van der Waals surface area contributed by atoms with E-state index in [1.807, 2.05) is 0 Å². The Morgan fingerprint density at radius 1 is 1.22 bits per heavy atom. The van der Waals surface area contributed by atoms with Crippen molar-refractivity contribution in [3.05, 3.63) is 28.3 Å². The monoisotopic (exact) mass is 375 g/mol. The topological polar surface area (TPSA) is 131 Å². The van der Waals surface area contributed by atoms with Gasteiger partial charge in [0.05, 0.1) is 4.92 Å². The van der Waals surface area contributed by atoms with Gasteiger partial charge in [-0.15, -0.1) is 0 Å². The van der Waals surface area contributed by atoms with Crippen molar-refractivity contribution in [2.45, 2.75) is 64.6 Å². The van der Waals surface area contributed by atoms with Gasteiger partial charge in [-0.2, -0.15) is 0 Å². The summed E-state index contributed by atoms with van der Waals surface area (Å²) in [5, 5.41) is 25.2. The maximum atomic E-state index is 11.7. The zero-order valence-corrected chi connectivity index (χ0v) is 16.2. The van der Waals surface area contributed by atoms with Crippen molar-refractivity contribution in [1.29, 1.82) is 0 Å². The highest BCUT2D eigenvalue weighted by molar-refractivity contribution is 5.72. The Kier molecular flexibility index (Phi) is 4.77. The maximum absolute atomic E-state index is 11.7. The predicted octanol–water partition coefficient (Wildman–Crippen LogP) is 3.15. The Labute approximate surface area is 157 Å². The molecule has 1 saturated heterocycles. The molecule has 0 radical (unpaired) electrons. The number of aromatic nitrogens is 3. The summed E-state index contributed by atoms with van der Waals surface area (Å²) >= 11 is 0. The van der Waals surface area contributed by atoms with Crippen LogP contribution in [0.1, 0.15) is 46.3 Å². The van der Waals surface area contributed by atoms with E-state index in [-0.39, 0.29) is 34.4 Å². The SMILES string of the molecule is Cc1cc(Nc2ncnc(NC3CC(C)(C)NC(C)(C)C3)c2[N+](=O)[O-])no1. The zero-order chi connectivity index (χ0) is 19.8. The van der Waals surface area contributed by atoms with Crippen molar-refractivity contribution >= 4 is 23.1 Å². The van der Waals surface area contributed by atoms with E-state index in [0.29, 0.717) is 11.6 Å². The van der Waals surface area contributed by atoms with Crippen molar-refractivity contribution in [2.75, 3.05) is 10.6 Å². The fourth-order valence-corrected chi connectivity index (χ4v) is 3.91. The van der Waals surface area contributed by atoms with Crippen LogP contribution < -0.4 is 16.0 Å². The molecule has 27 heavy (non-hydrogen) atoms. The molecule has 10 nitrogen and oxygen atoms in total. The zero-order valence-electron chi connectivity index (χ0n) is 16.2. The molecule has 1 fully saturated rings. The Morgan fingerprint density at radius 3 is 2.41 bits per heavy atom. The molecule has 3 N–H and O–H groups in total. The fraction of sp³-hybridized carbons (Fsp3) is 0.588. The summed E-state index contributed by atoms with van der Waals surface area (Å²) in [4.78, 5) is 19.4. The highest BCUT2D eigenvalue weighted by Crippen LogP contribution is 2.35. The maximum Gasteiger partial charge on any atom is 0.353 e. The van der Waals surface area contributed by atoms with Crippen molar-refractivity contribution in [3.8, 4) is 0 Å². The molecule has 3 rings (SSSR count). The molecule has 0 unspecified atom stereocenters. The average Bonchev–Trinajstić information content (AvgIpc) is 2.89. The molecule has 0 bridgehead atoms. The molecule has 0 aliphatic carbocycles. The minimum Gasteiger partial charge on any atom is -0.361 e. The summed E-state index contributed by atoms with van der Waals surface area (Å²) in [6.07, 6.45) is 2.91. The quantitative estimate of drug-likeness (QED) is 0.532. The first-order valence-electron chi connectivity index (χ1n) is 8.80. The second kappa shape index (κ2) is 6.76. The lowest BCUT2D eigenvalue weighted by Crippen LogP contribution is -2.60. The predicted molar refractivity (Wildman–Crippen MR) is 101 cm³/mol. The van der Waals surface area contributed by atoms with Crippen LogP contribution in [0.25, 0.3) is 0 Å². The summed E-state index contributed by atoms with van der Waals surface area (Å²) in [5.74, 6) is 1.20. The first kappa shape index (κ1) is 19.0. The first-order chi connectivity index (χ1) is 12.5. The lowest BCUT2D eigenvalue weighted by Gasteiger charge is -2.46. The summed E-state index contributed by atoms with van der Waals surface area (Å²) in [6.45, 7) is 10.2. The van der Waals surface area contributed by atoms with E-state index in [9.17, 15) is 10.1 Å². The molecule has 1 aliphatic rings. The third-order valence-electron chi connectivity index (χ3n) is 4.41. The molecule has 10 heteroatoms. The Bertz CT molecular complexity index is 831. The highest BCUT2D eigenvalue weighted by atomic mass is 16.6. The van der Waals surface area contributed by atoms with Crippen LogP contribution in [-0.2, 0) is 0 Å². The summed E-state index contributed by atoms with van der Waals surface area (Å²) < 4.78 is 4.99. The lowest BCUT2D eigenvalue weighted by atomic mass is 9.79. The smallest absolute Gasteiger partial charge is 0.353 e. The average molecular weight is 375 g/mol. The van der Waals surface area contributed by atoms with Crippen LogP contribution in [0.2, 0.25) is 0 Å². The summed E-state index contributed by atoms with van der Waals surface area (Å²) in [5.41, 5.74) is -0.409. The van der Waals surface area contributed by atoms with Gasteiger partial charge in [-0.1, -0.05) is 5.16 Å². The van der Waals surface area contributed by atoms with Crippen molar-refractivity contribution < 1.29 is 9.45 Å². The Hall–Kier alpha value is -2.75. The Balaban J connectivity index is 1.89. The van der Waals surface area contributed by atoms with E-state index in [1.54, 1.807) is 13.0 Å². The summed E-state index contributed by atoms with van der Waals surface area (Å²) in [6, 6.07) is 1.67. The van der Waals surface area contributed by atoms with Crippen molar-refractivity contribution in [2.24, 2.45) is 0 Å². The molecule has 1 aliphatic heterocycles. The molecule has 0 spiro atoms. The number of anilines is 3. The number of rotatable bonds is 5. The van der Waals surface area contributed by atoms with Crippen molar-refractivity contribution in [3.63, 3.8) is 0 Å². The standard InChI is InChI=1S/C17H25N7O3/c1-10-6-12(22-27-10)21-15-13(24(25)26)14(18-9-19-15)20-11-7-16(2,3)23-17(4,5)8-11/h6,9,11,23H,7-8H2,1-5H3,(H2,18,19,20,21,22). The van der Waals surface area contributed by atoms with Crippen LogP contribution >= 0.6 is 0 Å². The largest absolute Gasteiger partial charge is 0.361 e. The van der Waals surface area contributed by atoms with Crippen molar-refractivity contribution in [1.82, 2.24) is 20.4 Å². The van der Waals surface area contributed by atoms with Gasteiger partial charge in [0.25, 0.3) is 0 Å². The highest BCUT2D eigenvalue weighted by Gasteiger charge is 2.38.